The normalized spacial score (nSPS) is 10.7. The Hall–Kier alpha value is -1.68. The Morgan fingerprint density at radius 3 is 2.65 bits per heavy atom. The maximum atomic E-state index is 4.22. The van der Waals surface area contributed by atoms with E-state index in [1.807, 2.05) is 4.68 Å². The first-order valence-corrected chi connectivity index (χ1v) is 5.92. The first kappa shape index (κ1) is 11.8. The predicted octanol–water partition coefficient (Wildman–Crippen LogP) is 1.90. The first-order chi connectivity index (χ1) is 8.29. The van der Waals surface area contributed by atoms with Crippen LogP contribution in [-0.2, 0) is 19.6 Å². The zero-order chi connectivity index (χ0) is 12.1. The number of nitrogens with one attached hydrogen (secondary N) is 1. The van der Waals surface area contributed by atoms with Gasteiger partial charge in [-0.3, -0.25) is 0 Å². The summed E-state index contributed by atoms with van der Waals surface area (Å²) in [4.78, 5) is 4.22. The fourth-order valence-electron chi connectivity index (χ4n) is 1.71. The Labute approximate surface area is 102 Å². The molecule has 0 bridgehead atoms. The van der Waals surface area contributed by atoms with Crippen molar-refractivity contribution >= 4 is 0 Å². The average Bonchev–Trinajstić information content (AvgIpc) is 2.79. The maximum absolute atomic E-state index is 4.22. The van der Waals surface area contributed by atoms with Gasteiger partial charge in [0.15, 0.2) is 0 Å². The minimum atomic E-state index is 0.752. The highest BCUT2D eigenvalue weighted by atomic mass is 15.3. The predicted molar refractivity (Wildman–Crippen MR) is 67.4 cm³/mol. The van der Waals surface area contributed by atoms with Crippen molar-refractivity contribution in [1.29, 1.82) is 0 Å². The minimum absolute atomic E-state index is 0.752. The van der Waals surface area contributed by atoms with Gasteiger partial charge in [-0.15, -0.1) is 0 Å². The third-order valence-electron chi connectivity index (χ3n) is 2.73. The third kappa shape index (κ3) is 3.14. The van der Waals surface area contributed by atoms with Crippen LogP contribution < -0.4 is 5.32 Å². The minimum Gasteiger partial charge on any atom is -0.306 e. The Kier molecular flexibility index (Phi) is 3.88. The Balaban J connectivity index is 1.85. The zero-order valence-electron chi connectivity index (χ0n) is 10.3. The van der Waals surface area contributed by atoms with Gasteiger partial charge in [0.25, 0.3) is 0 Å². The van der Waals surface area contributed by atoms with Crippen molar-refractivity contribution in [1.82, 2.24) is 20.1 Å². The highest BCUT2D eigenvalue weighted by Gasteiger charge is 2.01. The lowest BCUT2D eigenvalue weighted by Crippen LogP contribution is -2.17. The van der Waals surface area contributed by atoms with E-state index in [4.69, 9.17) is 0 Å². The fraction of sp³-hybridized carbons (Fsp3) is 0.385. The van der Waals surface area contributed by atoms with Gasteiger partial charge in [-0.05, 0) is 19.4 Å². The van der Waals surface area contributed by atoms with E-state index >= 15 is 0 Å². The molecule has 0 unspecified atom stereocenters. The van der Waals surface area contributed by atoms with Gasteiger partial charge in [0.1, 0.15) is 12.2 Å². The van der Waals surface area contributed by atoms with Gasteiger partial charge in [-0.2, -0.15) is 5.10 Å². The molecule has 0 aliphatic heterocycles. The third-order valence-corrected chi connectivity index (χ3v) is 2.73. The molecule has 1 N–H and O–H groups in total. The van der Waals surface area contributed by atoms with Crippen molar-refractivity contribution in [2.45, 2.75) is 33.5 Å². The summed E-state index contributed by atoms with van der Waals surface area (Å²) in [5, 5.41) is 7.51. The molecule has 2 rings (SSSR count). The van der Waals surface area contributed by atoms with Crippen LogP contribution in [0.15, 0.2) is 30.6 Å². The molecule has 4 nitrogen and oxygen atoms in total. The van der Waals surface area contributed by atoms with Gasteiger partial charge in [0.05, 0.1) is 6.54 Å². The van der Waals surface area contributed by atoms with Crippen LogP contribution in [0.3, 0.4) is 0 Å². The largest absolute Gasteiger partial charge is 0.306 e. The molecule has 0 saturated heterocycles. The second kappa shape index (κ2) is 5.59. The fourth-order valence-corrected chi connectivity index (χ4v) is 1.71. The molecule has 1 heterocycles. The Morgan fingerprint density at radius 2 is 1.94 bits per heavy atom. The molecule has 1 aromatic carbocycles. The van der Waals surface area contributed by atoms with E-state index < -0.39 is 0 Å². The molecule has 0 atom stereocenters. The molecule has 4 heteroatoms. The average molecular weight is 230 g/mol. The molecule has 0 aliphatic rings. The number of hydrogen-bond acceptors (Lipinski definition) is 3. The number of rotatable bonds is 5. The van der Waals surface area contributed by atoms with Crippen LogP contribution >= 0.6 is 0 Å². The van der Waals surface area contributed by atoms with E-state index in [0.717, 1.165) is 25.5 Å². The van der Waals surface area contributed by atoms with E-state index in [1.54, 1.807) is 6.33 Å². The van der Waals surface area contributed by atoms with E-state index in [1.165, 1.54) is 11.1 Å². The van der Waals surface area contributed by atoms with Crippen LogP contribution in [0.1, 0.15) is 23.9 Å². The summed E-state index contributed by atoms with van der Waals surface area (Å²) in [6.45, 7) is 6.64. The summed E-state index contributed by atoms with van der Waals surface area (Å²) in [7, 11) is 0. The van der Waals surface area contributed by atoms with E-state index in [-0.39, 0.29) is 0 Å². The van der Waals surface area contributed by atoms with Gasteiger partial charge in [-0.1, -0.05) is 29.8 Å². The summed E-state index contributed by atoms with van der Waals surface area (Å²) >= 11 is 0. The molecule has 0 radical (unpaired) electrons. The summed E-state index contributed by atoms with van der Waals surface area (Å²) in [6, 6.07) is 8.55. The van der Waals surface area contributed by atoms with Crippen LogP contribution in [0.4, 0.5) is 0 Å². The molecule has 0 fully saturated rings. The van der Waals surface area contributed by atoms with Crippen molar-refractivity contribution in [3.63, 3.8) is 0 Å². The van der Waals surface area contributed by atoms with Crippen LogP contribution in [-0.4, -0.2) is 14.8 Å². The monoisotopic (exact) mass is 230 g/mol. The lowest BCUT2D eigenvalue weighted by molar-refractivity contribution is 0.572. The van der Waals surface area contributed by atoms with Crippen LogP contribution in [0.2, 0.25) is 0 Å². The molecule has 90 valence electrons. The highest BCUT2D eigenvalue weighted by molar-refractivity contribution is 5.21. The number of benzene rings is 1. The SMILES string of the molecule is CCn1ncnc1CNCc1ccc(C)cc1. The Bertz CT molecular complexity index is 459. The van der Waals surface area contributed by atoms with Gasteiger partial charge in [0, 0.05) is 13.1 Å². The molecule has 0 saturated carbocycles. The smallest absolute Gasteiger partial charge is 0.140 e. The van der Waals surface area contributed by atoms with Crippen LogP contribution in [0.5, 0.6) is 0 Å². The maximum Gasteiger partial charge on any atom is 0.140 e. The lowest BCUT2D eigenvalue weighted by atomic mass is 10.1. The van der Waals surface area contributed by atoms with Gasteiger partial charge >= 0.3 is 0 Å². The zero-order valence-corrected chi connectivity index (χ0v) is 10.3. The molecular weight excluding hydrogens is 212 g/mol. The summed E-state index contributed by atoms with van der Waals surface area (Å²) in [5.41, 5.74) is 2.58. The van der Waals surface area contributed by atoms with Crippen LogP contribution in [0.25, 0.3) is 0 Å². The standard InChI is InChI=1S/C13H18N4/c1-3-17-13(15-10-16-17)9-14-8-12-6-4-11(2)5-7-12/h4-7,10,14H,3,8-9H2,1-2H3. The number of hydrogen-bond donors (Lipinski definition) is 1. The van der Waals surface area contributed by atoms with Crippen molar-refractivity contribution < 1.29 is 0 Å². The van der Waals surface area contributed by atoms with Gasteiger partial charge in [-0.25, -0.2) is 9.67 Å². The molecular formula is C13H18N4. The van der Waals surface area contributed by atoms with Crippen molar-refractivity contribution in [3.8, 4) is 0 Å². The topological polar surface area (TPSA) is 42.7 Å². The summed E-state index contributed by atoms with van der Waals surface area (Å²) < 4.78 is 1.90. The Morgan fingerprint density at radius 1 is 1.18 bits per heavy atom. The second-order valence-electron chi connectivity index (χ2n) is 4.08. The van der Waals surface area contributed by atoms with E-state index in [9.17, 15) is 0 Å². The number of nitrogens with zero attached hydrogens (tertiary/aromatic N) is 3. The first-order valence-electron chi connectivity index (χ1n) is 5.92. The molecule has 0 aliphatic carbocycles. The molecule has 0 spiro atoms. The lowest BCUT2D eigenvalue weighted by Gasteiger charge is -2.06. The second-order valence-corrected chi connectivity index (χ2v) is 4.08. The number of aromatic nitrogens is 3. The quantitative estimate of drug-likeness (QED) is 0.853. The van der Waals surface area contributed by atoms with Crippen molar-refractivity contribution in [2.75, 3.05) is 0 Å². The molecule has 1 aromatic heterocycles. The van der Waals surface area contributed by atoms with Gasteiger partial charge < -0.3 is 5.32 Å². The van der Waals surface area contributed by atoms with E-state index in [0.29, 0.717) is 0 Å². The van der Waals surface area contributed by atoms with E-state index in [2.05, 4.69) is 53.5 Å². The van der Waals surface area contributed by atoms with Gasteiger partial charge in [0.2, 0.25) is 0 Å². The summed E-state index contributed by atoms with van der Waals surface area (Å²) in [5.74, 6) is 0.986. The summed E-state index contributed by atoms with van der Waals surface area (Å²) in [6.07, 6.45) is 1.60. The molecule has 2 aromatic rings. The highest BCUT2D eigenvalue weighted by Crippen LogP contribution is 2.03. The van der Waals surface area contributed by atoms with Crippen molar-refractivity contribution in [2.24, 2.45) is 0 Å². The number of aryl methyl sites for hydroxylation is 2. The van der Waals surface area contributed by atoms with Crippen molar-refractivity contribution in [3.05, 3.63) is 47.5 Å². The molecule has 17 heavy (non-hydrogen) atoms. The molecule has 0 amide bonds. The van der Waals surface area contributed by atoms with Crippen LogP contribution in [0, 0.1) is 6.92 Å².